The summed E-state index contributed by atoms with van der Waals surface area (Å²) in [6.07, 6.45) is 1.66. The van der Waals surface area contributed by atoms with Crippen LogP contribution in [0, 0.1) is 11.3 Å². The van der Waals surface area contributed by atoms with E-state index >= 15 is 0 Å². The highest BCUT2D eigenvalue weighted by atomic mass is 35.5. The summed E-state index contributed by atoms with van der Waals surface area (Å²) in [6.45, 7) is 0.0896. The summed E-state index contributed by atoms with van der Waals surface area (Å²) in [4.78, 5) is 26.2. The quantitative estimate of drug-likeness (QED) is 0.764. The van der Waals surface area contributed by atoms with Crippen molar-refractivity contribution in [1.82, 2.24) is 4.90 Å². The second-order valence-corrected chi connectivity index (χ2v) is 6.52. The standard InChI is InChI=1S/C18H11ClN2O2S/c19-15-7-5-12(6-8-15)9-16-17(22)21(18(23)24-16)11-14-4-2-1-3-13(14)10-20/h1-9H,11H2/b16-9+. The van der Waals surface area contributed by atoms with Gasteiger partial charge in [0.15, 0.2) is 0 Å². The van der Waals surface area contributed by atoms with Gasteiger partial charge in [-0.1, -0.05) is 41.9 Å². The minimum atomic E-state index is -0.354. The Kier molecular flexibility index (Phi) is 4.70. The summed E-state index contributed by atoms with van der Waals surface area (Å²) in [5.41, 5.74) is 1.90. The number of carbonyl (C=O) groups is 2. The fourth-order valence-corrected chi connectivity index (χ4v) is 3.25. The molecule has 0 radical (unpaired) electrons. The van der Waals surface area contributed by atoms with Crippen LogP contribution in [0.1, 0.15) is 16.7 Å². The Hall–Kier alpha value is -2.55. The SMILES string of the molecule is N#Cc1ccccc1CN1C(=O)S/C(=C/c2ccc(Cl)cc2)C1=O. The van der Waals surface area contributed by atoms with Crippen molar-refractivity contribution >= 4 is 40.6 Å². The zero-order valence-electron chi connectivity index (χ0n) is 12.4. The van der Waals surface area contributed by atoms with E-state index in [4.69, 9.17) is 16.9 Å². The van der Waals surface area contributed by atoms with Gasteiger partial charge in [0.2, 0.25) is 0 Å². The highest BCUT2D eigenvalue weighted by Gasteiger charge is 2.35. The molecule has 0 N–H and O–H groups in total. The number of benzene rings is 2. The van der Waals surface area contributed by atoms with Crippen LogP contribution >= 0.6 is 23.4 Å². The summed E-state index contributed by atoms with van der Waals surface area (Å²) < 4.78 is 0. The molecule has 2 amide bonds. The molecule has 0 saturated carbocycles. The maximum Gasteiger partial charge on any atom is 0.293 e. The van der Waals surface area contributed by atoms with Crippen molar-refractivity contribution in [3.8, 4) is 6.07 Å². The molecule has 1 fully saturated rings. The largest absolute Gasteiger partial charge is 0.293 e. The third kappa shape index (κ3) is 3.35. The lowest BCUT2D eigenvalue weighted by Crippen LogP contribution is -2.27. The molecule has 0 aliphatic carbocycles. The number of rotatable bonds is 3. The Balaban J connectivity index is 1.84. The summed E-state index contributed by atoms with van der Waals surface area (Å²) in [5.74, 6) is -0.354. The number of hydrogen-bond donors (Lipinski definition) is 0. The Bertz CT molecular complexity index is 885. The molecule has 24 heavy (non-hydrogen) atoms. The number of imide groups is 1. The van der Waals surface area contributed by atoms with Crippen LogP contribution in [-0.2, 0) is 11.3 Å². The van der Waals surface area contributed by atoms with Gasteiger partial charge in [0.1, 0.15) is 0 Å². The van der Waals surface area contributed by atoms with Crippen LogP contribution < -0.4 is 0 Å². The zero-order valence-corrected chi connectivity index (χ0v) is 14.0. The van der Waals surface area contributed by atoms with Gasteiger partial charge in [-0.05, 0) is 47.2 Å². The first-order chi connectivity index (χ1) is 11.6. The minimum Gasteiger partial charge on any atom is -0.268 e. The summed E-state index contributed by atoms with van der Waals surface area (Å²) in [5, 5.41) is 9.39. The molecule has 0 bridgehead atoms. The maximum atomic E-state index is 12.5. The van der Waals surface area contributed by atoms with Crippen LogP contribution in [0.2, 0.25) is 5.02 Å². The van der Waals surface area contributed by atoms with Crippen molar-refractivity contribution < 1.29 is 9.59 Å². The lowest BCUT2D eigenvalue weighted by molar-refractivity contribution is -0.123. The molecule has 3 rings (SSSR count). The van der Waals surface area contributed by atoms with Crippen LogP contribution in [0.3, 0.4) is 0 Å². The molecular formula is C18H11ClN2O2S. The van der Waals surface area contributed by atoms with Gasteiger partial charge in [-0.25, -0.2) is 0 Å². The van der Waals surface area contributed by atoms with Gasteiger partial charge in [0.05, 0.1) is 23.1 Å². The van der Waals surface area contributed by atoms with E-state index in [2.05, 4.69) is 6.07 Å². The number of nitriles is 1. The van der Waals surface area contributed by atoms with Crippen LogP contribution in [0.5, 0.6) is 0 Å². The van der Waals surface area contributed by atoms with E-state index in [0.29, 0.717) is 21.1 Å². The van der Waals surface area contributed by atoms with Crippen LogP contribution in [0.15, 0.2) is 53.4 Å². The van der Waals surface area contributed by atoms with Crippen LogP contribution in [0.4, 0.5) is 4.79 Å². The van der Waals surface area contributed by atoms with Crippen LogP contribution in [-0.4, -0.2) is 16.0 Å². The lowest BCUT2D eigenvalue weighted by atomic mass is 10.1. The number of nitrogens with zero attached hydrogens (tertiary/aromatic N) is 2. The monoisotopic (exact) mass is 354 g/mol. The summed E-state index contributed by atoms with van der Waals surface area (Å²) in [6, 6.07) is 16.0. The average molecular weight is 355 g/mol. The molecule has 1 aliphatic rings. The van der Waals surface area contributed by atoms with Gasteiger partial charge in [-0.3, -0.25) is 14.5 Å². The third-order valence-electron chi connectivity index (χ3n) is 3.51. The maximum absolute atomic E-state index is 12.5. The van der Waals surface area contributed by atoms with Gasteiger partial charge >= 0.3 is 0 Å². The molecule has 0 unspecified atom stereocenters. The van der Waals surface area contributed by atoms with E-state index in [9.17, 15) is 9.59 Å². The predicted octanol–water partition coefficient (Wildman–Crippen LogP) is 4.45. The van der Waals surface area contributed by atoms with Gasteiger partial charge < -0.3 is 0 Å². The van der Waals surface area contributed by atoms with Crippen molar-refractivity contribution in [3.05, 3.63) is 75.1 Å². The smallest absolute Gasteiger partial charge is 0.268 e. The molecule has 2 aromatic carbocycles. The number of halogens is 1. The lowest BCUT2D eigenvalue weighted by Gasteiger charge is -2.13. The topological polar surface area (TPSA) is 61.2 Å². The normalized spacial score (nSPS) is 15.8. The van der Waals surface area contributed by atoms with E-state index in [-0.39, 0.29) is 17.7 Å². The number of amides is 2. The average Bonchev–Trinajstić information content (AvgIpc) is 2.85. The second-order valence-electron chi connectivity index (χ2n) is 5.09. The van der Waals surface area contributed by atoms with Crippen molar-refractivity contribution in [2.45, 2.75) is 6.54 Å². The van der Waals surface area contributed by atoms with Crippen molar-refractivity contribution in [1.29, 1.82) is 5.26 Å². The number of carbonyl (C=O) groups excluding carboxylic acids is 2. The zero-order chi connectivity index (χ0) is 17.1. The Labute approximate surface area is 148 Å². The molecule has 1 heterocycles. The molecule has 0 spiro atoms. The molecule has 1 aliphatic heterocycles. The highest BCUT2D eigenvalue weighted by Crippen LogP contribution is 2.33. The Morgan fingerprint density at radius 3 is 2.54 bits per heavy atom. The molecular weight excluding hydrogens is 344 g/mol. The highest BCUT2D eigenvalue weighted by molar-refractivity contribution is 8.18. The second kappa shape index (κ2) is 6.91. The van der Waals surface area contributed by atoms with Crippen LogP contribution in [0.25, 0.3) is 6.08 Å². The predicted molar refractivity (Wildman–Crippen MR) is 94.1 cm³/mol. The van der Waals surface area contributed by atoms with E-state index in [1.165, 1.54) is 0 Å². The fourth-order valence-electron chi connectivity index (χ4n) is 2.28. The van der Waals surface area contributed by atoms with Gasteiger partial charge in [0, 0.05) is 5.02 Å². The molecule has 1 saturated heterocycles. The third-order valence-corrected chi connectivity index (χ3v) is 4.67. The van der Waals surface area contributed by atoms with E-state index in [1.54, 1.807) is 54.6 Å². The van der Waals surface area contributed by atoms with E-state index in [1.807, 2.05) is 0 Å². The van der Waals surface area contributed by atoms with E-state index in [0.717, 1.165) is 22.2 Å². The summed E-state index contributed by atoms with van der Waals surface area (Å²) in [7, 11) is 0. The first-order valence-electron chi connectivity index (χ1n) is 7.07. The van der Waals surface area contributed by atoms with E-state index < -0.39 is 0 Å². The molecule has 6 heteroatoms. The summed E-state index contributed by atoms with van der Waals surface area (Å²) >= 11 is 6.74. The molecule has 0 atom stereocenters. The number of hydrogen-bond acceptors (Lipinski definition) is 4. The van der Waals surface area contributed by atoms with Crippen molar-refractivity contribution in [2.75, 3.05) is 0 Å². The van der Waals surface area contributed by atoms with Gasteiger partial charge in [-0.2, -0.15) is 5.26 Å². The first-order valence-corrected chi connectivity index (χ1v) is 8.27. The molecule has 2 aromatic rings. The van der Waals surface area contributed by atoms with Gasteiger partial charge in [-0.15, -0.1) is 0 Å². The van der Waals surface area contributed by atoms with Gasteiger partial charge in [0.25, 0.3) is 11.1 Å². The minimum absolute atomic E-state index is 0.0896. The Morgan fingerprint density at radius 2 is 1.83 bits per heavy atom. The van der Waals surface area contributed by atoms with Crippen molar-refractivity contribution in [2.24, 2.45) is 0 Å². The molecule has 0 aromatic heterocycles. The Morgan fingerprint density at radius 1 is 1.12 bits per heavy atom. The molecule has 118 valence electrons. The van der Waals surface area contributed by atoms with Crippen molar-refractivity contribution in [3.63, 3.8) is 0 Å². The first kappa shape index (κ1) is 16.3. The number of thioether (sulfide) groups is 1. The molecule has 4 nitrogen and oxygen atoms in total. The fraction of sp³-hybridized carbons (Fsp3) is 0.0556.